The predicted octanol–water partition coefficient (Wildman–Crippen LogP) is 3.38. The Balaban J connectivity index is 2.40. The van der Waals surface area contributed by atoms with E-state index in [1.54, 1.807) is 6.08 Å². The van der Waals surface area contributed by atoms with Crippen molar-refractivity contribution in [3.05, 3.63) is 12.2 Å². The van der Waals surface area contributed by atoms with E-state index in [2.05, 4.69) is 6.92 Å². The molecule has 140 valence electrons. The van der Waals surface area contributed by atoms with Gasteiger partial charge >= 0.3 is 0 Å². The highest BCUT2D eigenvalue weighted by molar-refractivity contribution is 5.85. The third-order valence-corrected chi connectivity index (χ3v) is 5.08. The normalized spacial score (nSPS) is 25.7. The molecule has 4 heteroatoms. The number of allylic oxidation sites excluding steroid dienone is 1. The second kappa shape index (κ2) is 12.6. The number of unbranched alkanes of at least 4 members (excludes halogenated alkanes) is 6. The molecular weight excluding hydrogens is 304 g/mol. The maximum absolute atomic E-state index is 12.1. The standard InChI is InChI=1S/C20H36O4/c1-2-3-7-10-16(22)12-13-18-17(19(23)15-20(18)24)11-8-5-4-6-9-14-21/h12-13,16-19,21-23H,2-11,14-15H2,1H3/t16-,17-,18-,19+/m1/s1. The number of rotatable bonds is 13. The lowest BCUT2D eigenvalue weighted by Gasteiger charge is -2.18. The fourth-order valence-corrected chi connectivity index (χ4v) is 3.56. The fraction of sp³-hybridized carbons (Fsp3) is 0.850. The Hall–Kier alpha value is -0.710. The van der Waals surface area contributed by atoms with Gasteiger partial charge < -0.3 is 15.3 Å². The van der Waals surface area contributed by atoms with Crippen LogP contribution >= 0.6 is 0 Å². The predicted molar refractivity (Wildman–Crippen MR) is 96.7 cm³/mol. The third-order valence-electron chi connectivity index (χ3n) is 5.08. The molecule has 4 atom stereocenters. The van der Waals surface area contributed by atoms with Crippen LogP contribution in [0.1, 0.15) is 77.6 Å². The first-order chi connectivity index (χ1) is 11.6. The minimum atomic E-state index is -0.540. The third kappa shape index (κ3) is 7.91. The van der Waals surface area contributed by atoms with Gasteiger partial charge in [-0.3, -0.25) is 4.79 Å². The Morgan fingerprint density at radius 1 is 1.12 bits per heavy atom. The lowest BCUT2D eigenvalue weighted by Crippen LogP contribution is -2.19. The van der Waals surface area contributed by atoms with Crippen LogP contribution < -0.4 is 0 Å². The summed E-state index contributed by atoms with van der Waals surface area (Å²) in [6.45, 7) is 2.39. The van der Waals surface area contributed by atoms with Crippen LogP contribution in [0.5, 0.6) is 0 Å². The van der Waals surface area contributed by atoms with Gasteiger partial charge in [0.05, 0.1) is 12.2 Å². The minimum Gasteiger partial charge on any atom is -0.396 e. The summed E-state index contributed by atoms with van der Waals surface area (Å²) in [5.41, 5.74) is 0. The first-order valence-corrected chi connectivity index (χ1v) is 9.78. The summed E-state index contributed by atoms with van der Waals surface area (Å²) in [4.78, 5) is 12.1. The van der Waals surface area contributed by atoms with Crippen LogP contribution in [0.3, 0.4) is 0 Å². The van der Waals surface area contributed by atoms with E-state index in [9.17, 15) is 15.0 Å². The SMILES string of the molecule is CCCCC[C@@H](O)C=C[C@H]1C(=O)C[C@H](O)[C@@H]1CCCCCCCO. The Labute approximate surface area is 147 Å². The summed E-state index contributed by atoms with van der Waals surface area (Å²) in [7, 11) is 0. The fourth-order valence-electron chi connectivity index (χ4n) is 3.56. The molecule has 0 amide bonds. The van der Waals surface area contributed by atoms with E-state index in [4.69, 9.17) is 5.11 Å². The highest BCUT2D eigenvalue weighted by Gasteiger charge is 2.39. The molecule has 1 aliphatic carbocycles. The summed E-state index contributed by atoms with van der Waals surface area (Å²) in [6.07, 6.45) is 12.7. The smallest absolute Gasteiger partial charge is 0.142 e. The zero-order chi connectivity index (χ0) is 17.8. The molecule has 0 spiro atoms. The van der Waals surface area contributed by atoms with Crippen molar-refractivity contribution in [3.63, 3.8) is 0 Å². The van der Waals surface area contributed by atoms with Crippen molar-refractivity contribution in [2.24, 2.45) is 11.8 Å². The minimum absolute atomic E-state index is 0.00515. The van der Waals surface area contributed by atoms with Crippen molar-refractivity contribution in [3.8, 4) is 0 Å². The molecule has 24 heavy (non-hydrogen) atoms. The molecule has 0 aromatic rings. The second-order valence-electron chi connectivity index (χ2n) is 7.16. The van der Waals surface area contributed by atoms with Crippen LogP contribution in [0.2, 0.25) is 0 Å². The Morgan fingerprint density at radius 2 is 1.83 bits per heavy atom. The van der Waals surface area contributed by atoms with Gasteiger partial charge in [0.2, 0.25) is 0 Å². The molecule has 1 fully saturated rings. The van der Waals surface area contributed by atoms with Gasteiger partial charge in [0.15, 0.2) is 0 Å². The zero-order valence-electron chi connectivity index (χ0n) is 15.2. The Bertz CT molecular complexity index is 367. The molecule has 0 aromatic heterocycles. The number of Topliss-reactive ketones (excluding diaryl/α,β-unsaturated/α-hetero) is 1. The largest absolute Gasteiger partial charge is 0.396 e. The highest BCUT2D eigenvalue weighted by atomic mass is 16.3. The van der Waals surface area contributed by atoms with Gasteiger partial charge in [0.1, 0.15) is 5.78 Å². The van der Waals surface area contributed by atoms with Gasteiger partial charge in [-0.15, -0.1) is 0 Å². The summed E-state index contributed by atoms with van der Waals surface area (Å²) < 4.78 is 0. The molecule has 3 N–H and O–H groups in total. The van der Waals surface area contributed by atoms with E-state index in [0.29, 0.717) is 0 Å². The number of hydrogen-bond donors (Lipinski definition) is 3. The average molecular weight is 341 g/mol. The quantitative estimate of drug-likeness (QED) is 0.355. The van der Waals surface area contributed by atoms with Crippen molar-refractivity contribution in [2.45, 2.75) is 89.8 Å². The van der Waals surface area contributed by atoms with Crippen LogP contribution in [0, 0.1) is 11.8 Å². The van der Waals surface area contributed by atoms with E-state index in [1.807, 2.05) is 6.08 Å². The second-order valence-corrected chi connectivity index (χ2v) is 7.16. The van der Waals surface area contributed by atoms with Gasteiger partial charge in [-0.25, -0.2) is 0 Å². The molecule has 1 saturated carbocycles. The molecular formula is C20H36O4. The van der Waals surface area contributed by atoms with Gasteiger partial charge in [-0.1, -0.05) is 64.0 Å². The maximum Gasteiger partial charge on any atom is 0.142 e. The van der Waals surface area contributed by atoms with Crippen molar-refractivity contribution < 1.29 is 20.1 Å². The molecule has 0 radical (unpaired) electrons. The van der Waals surface area contributed by atoms with Crippen LogP contribution in [-0.2, 0) is 4.79 Å². The zero-order valence-corrected chi connectivity index (χ0v) is 15.2. The van der Waals surface area contributed by atoms with Crippen molar-refractivity contribution in [2.75, 3.05) is 6.61 Å². The molecule has 0 unspecified atom stereocenters. The van der Waals surface area contributed by atoms with E-state index < -0.39 is 12.2 Å². The van der Waals surface area contributed by atoms with Crippen LogP contribution in [-0.4, -0.2) is 39.9 Å². The van der Waals surface area contributed by atoms with Crippen LogP contribution in [0.4, 0.5) is 0 Å². The van der Waals surface area contributed by atoms with E-state index in [0.717, 1.165) is 64.2 Å². The molecule has 0 aliphatic heterocycles. The topological polar surface area (TPSA) is 77.8 Å². The van der Waals surface area contributed by atoms with E-state index in [-0.39, 0.29) is 30.6 Å². The Morgan fingerprint density at radius 3 is 2.54 bits per heavy atom. The summed E-state index contributed by atoms with van der Waals surface area (Å²) >= 11 is 0. The molecule has 0 saturated heterocycles. The number of carbonyl (C=O) groups excluding carboxylic acids is 1. The first-order valence-electron chi connectivity index (χ1n) is 9.78. The highest BCUT2D eigenvalue weighted by Crippen LogP contribution is 2.34. The van der Waals surface area contributed by atoms with Gasteiger partial charge in [-0.05, 0) is 25.2 Å². The van der Waals surface area contributed by atoms with Crippen molar-refractivity contribution >= 4 is 5.78 Å². The first kappa shape index (κ1) is 21.3. The van der Waals surface area contributed by atoms with E-state index in [1.165, 1.54) is 0 Å². The lowest BCUT2D eigenvalue weighted by atomic mass is 9.88. The summed E-state index contributed by atoms with van der Waals surface area (Å²) in [5.74, 6) is -0.141. The van der Waals surface area contributed by atoms with Gasteiger partial charge in [0.25, 0.3) is 0 Å². The number of aliphatic hydroxyl groups excluding tert-OH is 3. The molecule has 0 aromatic carbocycles. The molecule has 1 rings (SSSR count). The molecule has 0 heterocycles. The number of hydrogen-bond acceptors (Lipinski definition) is 4. The summed E-state index contributed by atoms with van der Waals surface area (Å²) in [6, 6.07) is 0. The van der Waals surface area contributed by atoms with Gasteiger partial charge in [-0.2, -0.15) is 0 Å². The summed E-state index contributed by atoms with van der Waals surface area (Å²) in [5, 5.41) is 28.9. The molecule has 4 nitrogen and oxygen atoms in total. The van der Waals surface area contributed by atoms with Crippen molar-refractivity contribution in [1.29, 1.82) is 0 Å². The number of aliphatic hydroxyl groups is 3. The van der Waals surface area contributed by atoms with Gasteiger partial charge in [0, 0.05) is 18.9 Å². The lowest BCUT2D eigenvalue weighted by molar-refractivity contribution is -0.120. The average Bonchev–Trinajstić information content (AvgIpc) is 2.82. The molecule has 1 aliphatic rings. The van der Waals surface area contributed by atoms with Crippen molar-refractivity contribution in [1.82, 2.24) is 0 Å². The van der Waals surface area contributed by atoms with Crippen LogP contribution in [0.25, 0.3) is 0 Å². The van der Waals surface area contributed by atoms with Crippen LogP contribution in [0.15, 0.2) is 12.2 Å². The maximum atomic E-state index is 12.1. The number of carbonyl (C=O) groups is 1. The number of ketones is 1. The Kier molecular flexibility index (Phi) is 11.2. The van der Waals surface area contributed by atoms with E-state index >= 15 is 0 Å². The monoisotopic (exact) mass is 340 g/mol. The molecule has 0 bridgehead atoms.